The summed E-state index contributed by atoms with van der Waals surface area (Å²) in [5.41, 5.74) is 6.17. The Morgan fingerprint density at radius 3 is 2.55 bits per heavy atom. The second kappa shape index (κ2) is 3.82. The van der Waals surface area contributed by atoms with E-state index in [-0.39, 0.29) is 9.68 Å². The molecule has 0 bridgehead atoms. The van der Waals surface area contributed by atoms with Crippen molar-refractivity contribution in [2.24, 2.45) is 0 Å². The molecule has 1 heterocycles. The predicted molar refractivity (Wildman–Crippen MR) is 54.7 cm³/mol. The largest absolute Gasteiger partial charge is 0.368 e. The van der Waals surface area contributed by atoms with Gasteiger partial charge in [0.25, 0.3) is 0 Å². The van der Waals surface area contributed by atoms with Crippen LogP contribution in [0.1, 0.15) is 9.43 Å². The zero-order valence-electron chi connectivity index (χ0n) is 5.26. The molecule has 3 nitrogen and oxygen atoms in total. The standard InChI is InChI=1S/C5H4Br3N3/c6-2-1-10-5(9)11-3(2)4(7)8/h1,4H,(H2,9,10,11). The molecular formula is C5H4Br3N3. The van der Waals surface area contributed by atoms with Crippen LogP contribution in [0, 0.1) is 0 Å². The highest BCUT2D eigenvalue weighted by molar-refractivity contribution is 9.24. The zero-order chi connectivity index (χ0) is 8.43. The lowest BCUT2D eigenvalue weighted by Crippen LogP contribution is -1.98. The van der Waals surface area contributed by atoms with E-state index >= 15 is 0 Å². The molecule has 0 aliphatic rings. The minimum atomic E-state index is -0.00493. The number of halogens is 3. The molecular weight excluding hydrogens is 342 g/mol. The summed E-state index contributed by atoms with van der Waals surface area (Å²) in [5, 5.41) is 0. The Morgan fingerprint density at radius 2 is 2.09 bits per heavy atom. The molecule has 2 N–H and O–H groups in total. The topological polar surface area (TPSA) is 51.8 Å². The third kappa shape index (κ3) is 2.38. The smallest absolute Gasteiger partial charge is 0.220 e. The maximum atomic E-state index is 5.38. The molecule has 0 aromatic carbocycles. The molecule has 0 amide bonds. The lowest BCUT2D eigenvalue weighted by atomic mass is 10.5. The molecule has 0 saturated heterocycles. The number of nitrogen functional groups attached to an aromatic ring is 1. The lowest BCUT2D eigenvalue weighted by molar-refractivity contribution is 1.09. The van der Waals surface area contributed by atoms with Crippen LogP contribution in [0.3, 0.4) is 0 Å². The number of nitrogens with two attached hydrogens (primary N) is 1. The van der Waals surface area contributed by atoms with Crippen LogP contribution >= 0.6 is 47.8 Å². The van der Waals surface area contributed by atoms with Gasteiger partial charge < -0.3 is 5.73 Å². The van der Waals surface area contributed by atoms with Crippen molar-refractivity contribution in [3.8, 4) is 0 Å². The Bertz CT molecular complexity index is 263. The van der Waals surface area contributed by atoms with E-state index in [0.29, 0.717) is 0 Å². The molecule has 0 atom stereocenters. The molecule has 0 saturated carbocycles. The number of alkyl halides is 2. The monoisotopic (exact) mass is 343 g/mol. The quantitative estimate of drug-likeness (QED) is 0.796. The maximum Gasteiger partial charge on any atom is 0.220 e. The van der Waals surface area contributed by atoms with Crippen molar-refractivity contribution in [1.29, 1.82) is 0 Å². The first-order valence-corrected chi connectivity index (χ1v) is 5.29. The summed E-state index contributed by atoms with van der Waals surface area (Å²) in [6, 6.07) is 0. The van der Waals surface area contributed by atoms with E-state index in [1.165, 1.54) is 0 Å². The number of rotatable bonds is 1. The van der Waals surface area contributed by atoms with Crippen LogP contribution in [0.15, 0.2) is 10.7 Å². The molecule has 11 heavy (non-hydrogen) atoms. The van der Waals surface area contributed by atoms with Crippen molar-refractivity contribution in [2.75, 3.05) is 5.73 Å². The second-order valence-corrected chi connectivity index (χ2v) is 5.68. The van der Waals surface area contributed by atoms with Crippen LogP contribution in [-0.2, 0) is 0 Å². The second-order valence-electron chi connectivity index (χ2n) is 1.76. The zero-order valence-corrected chi connectivity index (χ0v) is 10.0. The van der Waals surface area contributed by atoms with Crippen LogP contribution in [0.2, 0.25) is 0 Å². The average Bonchev–Trinajstić information content (AvgIpc) is 1.94. The van der Waals surface area contributed by atoms with Crippen molar-refractivity contribution in [2.45, 2.75) is 3.74 Å². The number of hydrogen-bond acceptors (Lipinski definition) is 3. The molecule has 60 valence electrons. The molecule has 6 heteroatoms. The Morgan fingerprint density at radius 1 is 1.45 bits per heavy atom. The van der Waals surface area contributed by atoms with E-state index < -0.39 is 0 Å². The van der Waals surface area contributed by atoms with Crippen LogP contribution in [-0.4, -0.2) is 9.97 Å². The Labute approximate surface area is 89.2 Å². The van der Waals surface area contributed by atoms with Gasteiger partial charge in [-0.2, -0.15) is 0 Å². The third-order valence-corrected chi connectivity index (χ3v) is 2.47. The normalized spacial score (nSPS) is 10.5. The van der Waals surface area contributed by atoms with Crippen molar-refractivity contribution in [3.05, 3.63) is 16.4 Å². The summed E-state index contributed by atoms with van der Waals surface area (Å²) < 4.78 is 0.820. The van der Waals surface area contributed by atoms with Crippen molar-refractivity contribution in [1.82, 2.24) is 9.97 Å². The highest BCUT2D eigenvalue weighted by atomic mass is 79.9. The summed E-state index contributed by atoms with van der Waals surface area (Å²) in [7, 11) is 0. The van der Waals surface area contributed by atoms with Crippen LogP contribution in [0.25, 0.3) is 0 Å². The first-order chi connectivity index (χ1) is 5.11. The fourth-order valence-corrected chi connectivity index (χ4v) is 2.28. The summed E-state index contributed by atoms with van der Waals surface area (Å²) in [6.07, 6.45) is 1.62. The van der Waals surface area contributed by atoms with Gasteiger partial charge in [0.05, 0.1) is 10.2 Å². The van der Waals surface area contributed by atoms with E-state index in [0.717, 1.165) is 10.2 Å². The number of anilines is 1. The number of nitrogens with zero attached hydrogens (tertiary/aromatic N) is 2. The van der Waals surface area contributed by atoms with Gasteiger partial charge in [0, 0.05) is 6.20 Å². The van der Waals surface area contributed by atoms with Gasteiger partial charge in [0.15, 0.2) is 0 Å². The van der Waals surface area contributed by atoms with Crippen LogP contribution in [0.5, 0.6) is 0 Å². The highest BCUT2D eigenvalue weighted by Crippen LogP contribution is 2.32. The number of aromatic nitrogens is 2. The van der Waals surface area contributed by atoms with Gasteiger partial charge in [-0.25, -0.2) is 9.97 Å². The summed E-state index contributed by atoms with van der Waals surface area (Å²) >= 11 is 9.91. The molecule has 1 aromatic heterocycles. The van der Waals surface area contributed by atoms with E-state index in [2.05, 4.69) is 57.8 Å². The molecule has 0 spiro atoms. The van der Waals surface area contributed by atoms with Crippen LogP contribution < -0.4 is 5.73 Å². The number of hydrogen-bond donors (Lipinski definition) is 1. The molecule has 0 unspecified atom stereocenters. The van der Waals surface area contributed by atoms with Gasteiger partial charge >= 0.3 is 0 Å². The van der Waals surface area contributed by atoms with E-state index in [9.17, 15) is 0 Å². The summed E-state index contributed by atoms with van der Waals surface area (Å²) in [6.45, 7) is 0. The Kier molecular flexibility index (Phi) is 3.27. The van der Waals surface area contributed by atoms with E-state index in [1.807, 2.05) is 0 Å². The molecule has 0 aliphatic carbocycles. The SMILES string of the molecule is Nc1ncc(Br)c(C(Br)Br)n1. The fourth-order valence-electron chi connectivity index (χ4n) is 0.548. The molecule has 1 aromatic rings. The summed E-state index contributed by atoms with van der Waals surface area (Å²) in [5.74, 6) is 0.270. The molecule has 0 fully saturated rings. The van der Waals surface area contributed by atoms with Crippen molar-refractivity contribution in [3.63, 3.8) is 0 Å². The van der Waals surface area contributed by atoms with E-state index in [4.69, 9.17) is 5.73 Å². The van der Waals surface area contributed by atoms with Crippen molar-refractivity contribution >= 4 is 53.7 Å². The maximum absolute atomic E-state index is 5.38. The van der Waals surface area contributed by atoms with Crippen molar-refractivity contribution < 1.29 is 0 Å². The Balaban J connectivity index is 3.13. The highest BCUT2D eigenvalue weighted by Gasteiger charge is 2.09. The average molecular weight is 346 g/mol. The van der Waals surface area contributed by atoms with Gasteiger partial charge in [-0.3, -0.25) is 0 Å². The lowest BCUT2D eigenvalue weighted by Gasteiger charge is -2.03. The van der Waals surface area contributed by atoms with Gasteiger partial charge in [0.1, 0.15) is 3.74 Å². The molecule has 0 radical (unpaired) electrons. The molecule has 1 rings (SSSR count). The molecule has 0 aliphatic heterocycles. The van der Waals surface area contributed by atoms with Crippen LogP contribution in [0.4, 0.5) is 5.95 Å². The minimum Gasteiger partial charge on any atom is -0.368 e. The first-order valence-electron chi connectivity index (χ1n) is 2.67. The predicted octanol–water partition coefficient (Wildman–Crippen LogP) is 2.61. The Hall–Kier alpha value is 0.320. The van der Waals surface area contributed by atoms with E-state index in [1.54, 1.807) is 6.20 Å². The van der Waals surface area contributed by atoms with Gasteiger partial charge in [0.2, 0.25) is 5.95 Å². The minimum absolute atomic E-state index is 0.00493. The van der Waals surface area contributed by atoms with Gasteiger partial charge in [-0.05, 0) is 15.9 Å². The van der Waals surface area contributed by atoms with Gasteiger partial charge in [-0.1, -0.05) is 31.9 Å². The third-order valence-electron chi connectivity index (χ3n) is 0.997. The first kappa shape index (κ1) is 9.41. The fraction of sp³-hybridized carbons (Fsp3) is 0.200. The summed E-state index contributed by atoms with van der Waals surface area (Å²) in [4.78, 5) is 7.80. The van der Waals surface area contributed by atoms with Gasteiger partial charge in [-0.15, -0.1) is 0 Å².